The highest BCUT2D eigenvalue weighted by Crippen LogP contribution is 2.26. The first kappa shape index (κ1) is 15.8. The molecule has 1 aliphatic heterocycles. The van der Waals surface area contributed by atoms with Crippen molar-refractivity contribution in [3.05, 3.63) is 41.6 Å². The van der Waals surface area contributed by atoms with Crippen LogP contribution in [-0.4, -0.2) is 23.5 Å². The van der Waals surface area contributed by atoms with Crippen molar-refractivity contribution in [3.63, 3.8) is 0 Å². The summed E-state index contributed by atoms with van der Waals surface area (Å²) in [5, 5.41) is 4.52. The van der Waals surface area contributed by atoms with E-state index in [-0.39, 0.29) is 6.23 Å². The molecule has 0 aliphatic carbocycles. The van der Waals surface area contributed by atoms with Crippen molar-refractivity contribution in [2.45, 2.75) is 38.6 Å². The van der Waals surface area contributed by atoms with Crippen LogP contribution in [0.4, 0.5) is 0 Å². The first-order chi connectivity index (χ1) is 11.3. The number of methoxy groups -OCH3 is 1. The molecule has 1 aromatic carbocycles. The van der Waals surface area contributed by atoms with Gasteiger partial charge in [-0.15, -0.1) is 5.10 Å². The van der Waals surface area contributed by atoms with Crippen LogP contribution in [0.3, 0.4) is 0 Å². The number of nitrogens with zero attached hydrogens (tertiary/aromatic N) is 2. The number of benzene rings is 1. The van der Waals surface area contributed by atoms with Crippen LogP contribution in [0.15, 0.2) is 30.5 Å². The molecular weight excluding hydrogens is 294 g/mol. The highest BCUT2D eigenvalue weighted by atomic mass is 16.5. The van der Waals surface area contributed by atoms with E-state index in [9.17, 15) is 0 Å². The molecule has 3 rings (SSSR count). The third kappa shape index (κ3) is 3.83. The van der Waals surface area contributed by atoms with Crippen molar-refractivity contribution in [3.8, 4) is 11.6 Å². The SMILES string of the molecule is COc1ccc(COc2nn(C3CCCCO3)cc2CN)cc1. The van der Waals surface area contributed by atoms with E-state index in [1.54, 1.807) is 7.11 Å². The molecule has 124 valence electrons. The predicted octanol–water partition coefficient (Wildman–Crippen LogP) is 2.63. The van der Waals surface area contributed by atoms with Crippen LogP contribution in [-0.2, 0) is 17.9 Å². The van der Waals surface area contributed by atoms with Crippen LogP contribution < -0.4 is 15.2 Å². The van der Waals surface area contributed by atoms with Gasteiger partial charge in [0, 0.05) is 24.9 Å². The van der Waals surface area contributed by atoms with Crippen molar-refractivity contribution in [1.29, 1.82) is 0 Å². The van der Waals surface area contributed by atoms with E-state index in [0.717, 1.165) is 42.7 Å². The minimum Gasteiger partial charge on any atom is -0.497 e. The van der Waals surface area contributed by atoms with Crippen LogP contribution in [0, 0.1) is 0 Å². The summed E-state index contributed by atoms with van der Waals surface area (Å²) in [5.41, 5.74) is 7.76. The van der Waals surface area contributed by atoms with E-state index in [2.05, 4.69) is 5.10 Å². The van der Waals surface area contributed by atoms with E-state index < -0.39 is 0 Å². The highest BCUT2D eigenvalue weighted by molar-refractivity contribution is 5.28. The Morgan fingerprint density at radius 2 is 2.13 bits per heavy atom. The normalized spacial score (nSPS) is 17.9. The molecule has 0 bridgehead atoms. The van der Waals surface area contributed by atoms with Gasteiger partial charge in [0.25, 0.3) is 0 Å². The Bertz CT molecular complexity index is 619. The van der Waals surface area contributed by atoms with Crippen molar-refractivity contribution in [1.82, 2.24) is 9.78 Å². The summed E-state index contributed by atoms with van der Waals surface area (Å²) in [5.74, 6) is 1.41. The Labute approximate surface area is 136 Å². The quantitative estimate of drug-likeness (QED) is 0.887. The third-order valence-electron chi connectivity index (χ3n) is 3.97. The van der Waals surface area contributed by atoms with Gasteiger partial charge in [0.2, 0.25) is 5.88 Å². The van der Waals surface area contributed by atoms with Gasteiger partial charge in [0.05, 0.1) is 7.11 Å². The molecule has 6 nitrogen and oxygen atoms in total. The number of hydrogen-bond donors (Lipinski definition) is 1. The first-order valence-corrected chi connectivity index (χ1v) is 7.95. The van der Waals surface area contributed by atoms with Crippen molar-refractivity contribution in [2.75, 3.05) is 13.7 Å². The molecule has 1 fully saturated rings. The molecule has 1 aliphatic rings. The Balaban J connectivity index is 1.67. The van der Waals surface area contributed by atoms with Crippen molar-refractivity contribution < 1.29 is 14.2 Å². The molecule has 2 heterocycles. The lowest BCUT2D eigenvalue weighted by Gasteiger charge is -2.22. The second-order valence-corrected chi connectivity index (χ2v) is 5.60. The van der Waals surface area contributed by atoms with Gasteiger partial charge < -0.3 is 19.9 Å². The van der Waals surface area contributed by atoms with Crippen LogP contribution in [0.5, 0.6) is 11.6 Å². The maximum absolute atomic E-state index is 5.85. The van der Waals surface area contributed by atoms with Gasteiger partial charge >= 0.3 is 0 Å². The molecule has 23 heavy (non-hydrogen) atoms. The van der Waals surface area contributed by atoms with Crippen LogP contribution in [0.2, 0.25) is 0 Å². The zero-order chi connectivity index (χ0) is 16.1. The Morgan fingerprint density at radius 3 is 2.78 bits per heavy atom. The maximum Gasteiger partial charge on any atom is 0.237 e. The number of nitrogens with two attached hydrogens (primary N) is 1. The lowest BCUT2D eigenvalue weighted by atomic mass is 10.2. The van der Waals surface area contributed by atoms with Crippen LogP contribution in [0.25, 0.3) is 0 Å². The molecule has 1 saturated heterocycles. The van der Waals surface area contributed by atoms with Gasteiger partial charge in [-0.1, -0.05) is 12.1 Å². The summed E-state index contributed by atoms with van der Waals surface area (Å²) in [4.78, 5) is 0. The van der Waals surface area contributed by atoms with E-state index in [1.165, 1.54) is 0 Å². The maximum atomic E-state index is 5.85. The first-order valence-electron chi connectivity index (χ1n) is 7.95. The minimum atomic E-state index is -0.00705. The minimum absolute atomic E-state index is 0.00705. The number of rotatable bonds is 6. The van der Waals surface area contributed by atoms with Gasteiger partial charge in [0.15, 0.2) is 0 Å². The van der Waals surface area contributed by atoms with Gasteiger partial charge in [-0.05, 0) is 37.0 Å². The van der Waals surface area contributed by atoms with Gasteiger partial charge in [-0.3, -0.25) is 0 Å². The Hall–Kier alpha value is -2.05. The van der Waals surface area contributed by atoms with Gasteiger partial charge in [-0.25, -0.2) is 4.68 Å². The molecule has 6 heteroatoms. The average Bonchev–Trinajstić information content (AvgIpc) is 3.04. The highest BCUT2D eigenvalue weighted by Gasteiger charge is 2.19. The fourth-order valence-corrected chi connectivity index (χ4v) is 2.63. The third-order valence-corrected chi connectivity index (χ3v) is 3.97. The number of aromatic nitrogens is 2. The zero-order valence-corrected chi connectivity index (χ0v) is 13.4. The predicted molar refractivity (Wildman–Crippen MR) is 86.3 cm³/mol. The topological polar surface area (TPSA) is 71.5 Å². The molecule has 1 atom stereocenters. The summed E-state index contributed by atoms with van der Waals surface area (Å²) in [6, 6.07) is 7.78. The fourth-order valence-electron chi connectivity index (χ4n) is 2.63. The van der Waals surface area contributed by atoms with Gasteiger partial charge in [-0.2, -0.15) is 0 Å². The van der Waals surface area contributed by atoms with E-state index >= 15 is 0 Å². The Kier molecular flexibility index (Phi) is 5.15. The monoisotopic (exact) mass is 317 g/mol. The van der Waals surface area contributed by atoms with Crippen molar-refractivity contribution >= 4 is 0 Å². The second kappa shape index (κ2) is 7.48. The molecule has 2 N–H and O–H groups in total. The standard InChI is InChI=1S/C17H23N3O3/c1-21-15-7-5-13(6-8-15)12-23-17-14(10-18)11-20(19-17)16-4-2-3-9-22-16/h5-8,11,16H,2-4,9-10,12,18H2,1H3. The summed E-state index contributed by atoms with van der Waals surface area (Å²) in [6.45, 7) is 1.62. The summed E-state index contributed by atoms with van der Waals surface area (Å²) < 4.78 is 18.6. The van der Waals surface area contributed by atoms with E-state index in [0.29, 0.717) is 19.0 Å². The Morgan fingerprint density at radius 1 is 1.30 bits per heavy atom. The molecule has 1 aromatic heterocycles. The lowest BCUT2D eigenvalue weighted by molar-refractivity contribution is -0.0401. The smallest absolute Gasteiger partial charge is 0.237 e. The zero-order valence-electron chi connectivity index (χ0n) is 13.4. The van der Waals surface area contributed by atoms with Crippen LogP contribution >= 0.6 is 0 Å². The molecule has 0 radical (unpaired) electrons. The van der Waals surface area contributed by atoms with Gasteiger partial charge in [0.1, 0.15) is 18.6 Å². The molecule has 0 spiro atoms. The number of ether oxygens (including phenoxy) is 3. The summed E-state index contributed by atoms with van der Waals surface area (Å²) >= 11 is 0. The summed E-state index contributed by atoms with van der Waals surface area (Å²) in [6.07, 6.45) is 5.17. The molecule has 0 saturated carbocycles. The van der Waals surface area contributed by atoms with Crippen LogP contribution in [0.1, 0.15) is 36.6 Å². The van der Waals surface area contributed by atoms with E-state index in [4.69, 9.17) is 19.9 Å². The largest absolute Gasteiger partial charge is 0.497 e. The van der Waals surface area contributed by atoms with E-state index in [1.807, 2.05) is 35.1 Å². The summed E-state index contributed by atoms with van der Waals surface area (Å²) in [7, 11) is 1.65. The van der Waals surface area contributed by atoms with Crippen molar-refractivity contribution in [2.24, 2.45) is 5.73 Å². The average molecular weight is 317 g/mol. The molecular formula is C17H23N3O3. The fraction of sp³-hybridized carbons (Fsp3) is 0.471. The number of hydrogen-bond acceptors (Lipinski definition) is 5. The second-order valence-electron chi connectivity index (χ2n) is 5.60. The molecule has 1 unspecified atom stereocenters. The lowest BCUT2D eigenvalue weighted by Crippen LogP contribution is -2.18. The molecule has 0 amide bonds. The molecule has 2 aromatic rings.